The van der Waals surface area contributed by atoms with Crippen LogP contribution in [0, 0.1) is 24.2 Å². The molecular formula is C25H37N3O4. The van der Waals surface area contributed by atoms with Gasteiger partial charge in [-0.3, -0.25) is 9.59 Å². The van der Waals surface area contributed by atoms with Gasteiger partial charge in [0.05, 0.1) is 6.04 Å². The number of terminal acetylenes is 1. The SMILES string of the molecule is C#CC(CCC)NC(=O)[C@H](CC(C)C)NC(=O)C(NC(=O)OCc1ccccc1)C(C)C. The summed E-state index contributed by atoms with van der Waals surface area (Å²) in [6.45, 7) is 9.65. The van der Waals surface area contributed by atoms with E-state index < -0.39 is 24.1 Å². The van der Waals surface area contributed by atoms with E-state index in [1.807, 2.05) is 65.0 Å². The quantitative estimate of drug-likeness (QED) is 0.432. The third kappa shape index (κ3) is 9.86. The van der Waals surface area contributed by atoms with Gasteiger partial charge in [-0.15, -0.1) is 6.42 Å². The van der Waals surface area contributed by atoms with E-state index in [4.69, 9.17) is 11.2 Å². The molecule has 0 saturated heterocycles. The summed E-state index contributed by atoms with van der Waals surface area (Å²) in [6.07, 6.45) is 6.76. The predicted octanol–water partition coefficient (Wildman–Crippen LogP) is 3.39. The second kappa shape index (κ2) is 14.1. The van der Waals surface area contributed by atoms with Crippen molar-refractivity contribution in [2.75, 3.05) is 0 Å². The molecule has 1 aromatic rings. The van der Waals surface area contributed by atoms with E-state index in [2.05, 4.69) is 21.9 Å². The normalized spacial score (nSPS) is 13.6. The van der Waals surface area contributed by atoms with Crippen LogP contribution in [0.1, 0.15) is 59.4 Å². The highest BCUT2D eigenvalue weighted by atomic mass is 16.5. The lowest BCUT2D eigenvalue weighted by Gasteiger charge is -2.26. The van der Waals surface area contributed by atoms with E-state index >= 15 is 0 Å². The van der Waals surface area contributed by atoms with E-state index in [1.165, 1.54) is 0 Å². The first kappa shape index (κ1) is 27.0. The molecule has 7 nitrogen and oxygen atoms in total. The number of amides is 3. The average molecular weight is 444 g/mol. The molecule has 3 N–H and O–H groups in total. The Labute approximate surface area is 192 Å². The number of hydrogen-bond acceptors (Lipinski definition) is 4. The summed E-state index contributed by atoms with van der Waals surface area (Å²) in [4.78, 5) is 38.0. The molecule has 0 aliphatic rings. The van der Waals surface area contributed by atoms with Gasteiger partial charge in [-0.25, -0.2) is 4.79 Å². The van der Waals surface area contributed by atoms with Gasteiger partial charge in [0.25, 0.3) is 0 Å². The molecule has 176 valence electrons. The highest BCUT2D eigenvalue weighted by Crippen LogP contribution is 2.09. The molecule has 7 heteroatoms. The lowest BCUT2D eigenvalue weighted by atomic mass is 9.99. The molecule has 0 spiro atoms. The van der Waals surface area contributed by atoms with Crippen molar-refractivity contribution in [3.8, 4) is 12.3 Å². The number of benzene rings is 1. The summed E-state index contributed by atoms with van der Waals surface area (Å²) >= 11 is 0. The number of hydrogen-bond donors (Lipinski definition) is 3. The van der Waals surface area contributed by atoms with Gasteiger partial charge < -0.3 is 20.7 Å². The lowest BCUT2D eigenvalue weighted by Crippen LogP contribution is -2.56. The Bertz CT molecular complexity index is 771. The van der Waals surface area contributed by atoms with Crippen LogP contribution in [-0.4, -0.2) is 36.0 Å². The molecule has 1 aromatic carbocycles. The van der Waals surface area contributed by atoms with Crippen LogP contribution in [0.3, 0.4) is 0 Å². The molecule has 1 rings (SSSR count). The van der Waals surface area contributed by atoms with E-state index in [-0.39, 0.29) is 30.4 Å². The largest absolute Gasteiger partial charge is 0.445 e. The van der Waals surface area contributed by atoms with Crippen molar-refractivity contribution < 1.29 is 19.1 Å². The van der Waals surface area contributed by atoms with Gasteiger partial charge in [-0.2, -0.15) is 0 Å². The van der Waals surface area contributed by atoms with Crippen LogP contribution < -0.4 is 16.0 Å². The first-order chi connectivity index (χ1) is 15.2. The third-order valence-electron chi connectivity index (χ3n) is 4.87. The Morgan fingerprint density at radius 1 is 1.00 bits per heavy atom. The maximum absolute atomic E-state index is 13.0. The minimum absolute atomic E-state index is 0.0996. The second-order valence-corrected chi connectivity index (χ2v) is 8.63. The Balaban J connectivity index is 2.78. The smallest absolute Gasteiger partial charge is 0.408 e. The number of nitrogens with one attached hydrogen (secondary N) is 3. The molecule has 0 aliphatic carbocycles. The molecule has 2 unspecified atom stereocenters. The van der Waals surface area contributed by atoms with Crippen molar-refractivity contribution in [3.05, 3.63) is 35.9 Å². The summed E-state index contributed by atoms with van der Waals surface area (Å²) in [6, 6.07) is 7.29. The second-order valence-electron chi connectivity index (χ2n) is 8.63. The molecule has 0 radical (unpaired) electrons. The number of rotatable bonds is 12. The van der Waals surface area contributed by atoms with Gasteiger partial charge in [0.1, 0.15) is 18.7 Å². The monoisotopic (exact) mass is 443 g/mol. The summed E-state index contributed by atoms with van der Waals surface area (Å²) in [7, 11) is 0. The topological polar surface area (TPSA) is 96.5 Å². The molecule has 0 heterocycles. The zero-order valence-electron chi connectivity index (χ0n) is 19.8. The fraction of sp³-hybridized carbons (Fsp3) is 0.560. The lowest BCUT2D eigenvalue weighted by molar-refractivity contribution is -0.131. The fourth-order valence-corrected chi connectivity index (χ4v) is 3.15. The highest BCUT2D eigenvalue weighted by Gasteiger charge is 2.30. The summed E-state index contributed by atoms with van der Waals surface area (Å²) in [5.74, 6) is 1.77. The first-order valence-electron chi connectivity index (χ1n) is 11.2. The Morgan fingerprint density at radius 2 is 1.66 bits per heavy atom. The minimum Gasteiger partial charge on any atom is -0.445 e. The predicted molar refractivity (Wildman–Crippen MR) is 125 cm³/mol. The van der Waals surface area contributed by atoms with Gasteiger partial charge in [0, 0.05) is 0 Å². The maximum Gasteiger partial charge on any atom is 0.408 e. The number of ether oxygens (including phenoxy) is 1. The van der Waals surface area contributed by atoms with Crippen molar-refractivity contribution in [1.29, 1.82) is 0 Å². The molecule has 3 atom stereocenters. The van der Waals surface area contributed by atoms with Gasteiger partial charge in [-0.1, -0.05) is 77.3 Å². The third-order valence-corrected chi connectivity index (χ3v) is 4.87. The van der Waals surface area contributed by atoms with E-state index in [0.29, 0.717) is 12.8 Å². The molecular weight excluding hydrogens is 406 g/mol. The number of carbonyl (C=O) groups excluding carboxylic acids is 3. The van der Waals surface area contributed by atoms with Crippen molar-refractivity contribution in [3.63, 3.8) is 0 Å². The van der Waals surface area contributed by atoms with Crippen molar-refractivity contribution in [2.45, 2.75) is 78.6 Å². The zero-order valence-corrected chi connectivity index (χ0v) is 19.8. The van der Waals surface area contributed by atoms with Gasteiger partial charge >= 0.3 is 6.09 Å². The fourth-order valence-electron chi connectivity index (χ4n) is 3.15. The standard InChI is InChI=1S/C25H37N3O4/c1-7-12-20(8-2)26-23(29)21(15-17(3)4)27-24(30)22(18(5)6)28-25(31)32-16-19-13-10-9-11-14-19/h2,9-11,13-14,17-18,20-22H,7,12,15-16H2,1,3-6H3,(H,26,29)(H,27,30)(H,28,31)/t20?,21-,22?/m0/s1. The molecule has 3 amide bonds. The highest BCUT2D eigenvalue weighted by molar-refractivity contribution is 5.91. The summed E-state index contributed by atoms with van der Waals surface area (Å²) in [5.41, 5.74) is 0.844. The van der Waals surface area contributed by atoms with Crippen LogP contribution in [0.2, 0.25) is 0 Å². The molecule has 0 saturated carbocycles. The average Bonchev–Trinajstić information content (AvgIpc) is 2.75. The van der Waals surface area contributed by atoms with Crippen LogP contribution >= 0.6 is 0 Å². The van der Waals surface area contributed by atoms with Gasteiger partial charge in [-0.05, 0) is 30.2 Å². The van der Waals surface area contributed by atoms with E-state index in [0.717, 1.165) is 12.0 Å². The van der Waals surface area contributed by atoms with Crippen LogP contribution in [0.25, 0.3) is 0 Å². The van der Waals surface area contributed by atoms with Crippen LogP contribution in [0.15, 0.2) is 30.3 Å². The molecule has 0 aromatic heterocycles. The maximum atomic E-state index is 13.0. The Hall–Kier alpha value is -3.01. The Morgan fingerprint density at radius 3 is 2.19 bits per heavy atom. The minimum atomic E-state index is -0.847. The number of alkyl carbamates (subject to hydrolysis) is 1. The van der Waals surface area contributed by atoms with E-state index in [1.54, 1.807) is 0 Å². The summed E-state index contributed by atoms with van der Waals surface area (Å²) < 4.78 is 5.24. The van der Waals surface area contributed by atoms with Crippen LogP contribution in [0.5, 0.6) is 0 Å². The molecule has 32 heavy (non-hydrogen) atoms. The summed E-state index contributed by atoms with van der Waals surface area (Å²) in [5, 5.41) is 8.23. The number of carbonyl (C=O) groups is 3. The Kier molecular flexibility index (Phi) is 11.9. The van der Waals surface area contributed by atoms with Crippen molar-refractivity contribution in [2.24, 2.45) is 11.8 Å². The van der Waals surface area contributed by atoms with Gasteiger partial charge in [0.15, 0.2) is 0 Å². The molecule has 0 aliphatic heterocycles. The van der Waals surface area contributed by atoms with E-state index in [9.17, 15) is 14.4 Å². The van der Waals surface area contributed by atoms with Crippen molar-refractivity contribution in [1.82, 2.24) is 16.0 Å². The first-order valence-corrected chi connectivity index (χ1v) is 11.2. The van der Waals surface area contributed by atoms with Crippen molar-refractivity contribution >= 4 is 17.9 Å². The van der Waals surface area contributed by atoms with Crippen LogP contribution in [-0.2, 0) is 20.9 Å². The molecule has 0 fully saturated rings. The zero-order chi connectivity index (χ0) is 24.1. The van der Waals surface area contributed by atoms with Gasteiger partial charge in [0.2, 0.25) is 11.8 Å². The van der Waals surface area contributed by atoms with Crippen LogP contribution in [0.4, 0.5) is 4.79 Å². The molecule has 0 bridgehead atoms.